The summed E-state index contributed by atoms with van der Waals surface area (Å²) in [5.74, 6) is 0.829. The summed E-state index contributed by atoms with van der Waals surface area (Å²) in [5.41, 5.74) is 2.93. The second-order valence-corrected chi connectivity index (χ2v) is 7.19. The lowest BCUT2D eigenvalue weighted by molar-refractivity contribution is 0.134. The minimum atomic E-state index is -0.523. The fraction of sp³-hybridized carbons (Fsp3) is 0.259. The summed E-state index contributed by atoms with van der Waals surface area (Å²) in [6.07, 6.45) is 3.20. The Morgan fingerprint density at radius 2 is 1.42 bits per heavy atom. The molecule has 0 saturated carbocycles. The highest BCUT2D eigenvalue weighted by Crippen LogP contribution is 2.37. The van der Waals surface area contributed by atoms with E-state index in [2.05, 4.69) is 72.0 Å². The number of unbranched alkanes of at least 4 members (excludes halogenated alkanes) is 2. The summed E-state index contributed by atoms with van der Waals surface area (Å²) in [6, 6.07) is 31.3. The third kappa shape index (κ3) is 5.73. The molecule has 159 valence electrons. The third-order valence-electron chi connectivity index (χ3n) is 5.28. The second-order valence-electron chi connectivity index (χ2n) is 7.19. The van der Waals surface area contributed by atoms with E-state index in [-0.39, 0.29) is 0 Å². The number of hydrogen-bond donors (Lipinski definition) is 1. The lowest BCUT2D eigenvalue weighted by Crippen LogP contribution is -2.46. The van der Waals surface area contributed by atoms with E-state index in [0.717, 1.165) is 28.9 Å². The van der Waals surface area contributed by atoms with Crippen molar-refractivity contribution in [2.75, 3.05) is 26.9 Å². The van der Waals surface area contributed by atoms with Gasteiger partial charge in [-0.3, -0.25) is 5.32 Å². The number of nitrogens with one attached hydrogen (secondary N) is 1. The molecule has 3 aromatic rings. The molecule has 0 aliphatic heterocycles. The number of rotatable bonds is 12. The first-order valence-electron chi connectivity index (χ1n) is 10.6. The van der Waals surface area contributed by atoms with Gasteiger partial charge in [-0.2, -0.15) is 5.26 Å². The Kier molecular flexibility index (Phi) is 8.66. The molecule has 0 aromatic heterocycles. The Labute approximate surface area is 185 Å². The predicted molar refractivity (Wildman–Crippen MR) is 124 cm³/mol. The highest BCUT2D eigenvalue weighted by atomic mass is 16.5. The lowest BCUT2D eigenvalue weighted by Gasteiger charge is -2.37. The molecule has 0 atom stereocenters. The zero-order valence-electron chi connectivity index (χ0n) is 18.0. The molecule has 4 nitrogen and oxygen atoms in total. The van der Waals surface area contributed by atoms with Crippen molar-refractivity contribution in [1.29, 1.82) is 5.26 Å². The summed E-state index contributed by atoms with van der Waals surface area (Å²) in [5, 5.41) is 12.4. The van der Waals surface area contributed by atoms with E-state index in [1.54, 1.807) is 7.11 Å². The average molecular weight is 414 g/mol. The number of benzene rings is 3. The van der Waals surface area contributed by atoms with Crippen LogP contribution in [0.4, 0.5) is 0 Å². The first kappa shape index (κ1) is 22.6. The van der Waals surface area contributed by atoms with Crippen molar-refractivity contribution in [1.82, 2.24) is 5.32 Å². The van der Waals surface area contributed by atoms with Crippen LogP contribution < -0.4 is 10.1 Å². The molecule has 0 bridgehead atoms. The van der Waals surface area contributed by atoms with Gasteiger partial charge in [0.1, 0.15) is 5.75 Å². The van der Waals surface area contributed by atoms with Crippen LogP contribution in [0.5, 0.6) is 5.75 Å². The zero-order chi connectivity index (χ0) is 21.8. The first-order valence-corrected chi connectivity index (χ1v) is 10.6. The molecule has 3 aromatic carbocycles. The molecule has 0 heterocycles. The molecule has 4 heteroatoms. The lowest BCUT2D eigenvalue weighted by atomic mass is 9.77. The van der Waals surface area contributed by atoms with Gasteiger partial charge < -0.3 is 9.47 Å². The largest absolute Gasteiger partial charge is 0.497 e. The van der Waals surface area contributed by atoms with Crippen molar-refractivity contribution in [3.05, 3.63) is 108 Å². The van der Waals surface area contributed by atoms with Crippen LogP contribution in [0.15, 0.2) is 84.9 Å². The van der Waals surface area contributed by atoms with Crippen molar-refractivity contribution < 1.29 is 9.47 Å². The van der Waals surface area contributed by atoms with Crippen LogP contribution in [0.1, 0.15) is 29.5 Å². The van der Waals surface area contributed by atoms with Gasteiger partial charge in [0.25, 0.3) is 0 Å². The van der Waals surface area contributed by atoms with Gasteiger partial charge in [-0.15, -0.1) is 0 Å². The van der Waals surface area contributed by atoms with Crippen molar-refractivity contribution in [3.63, 3.8) is 0 Å². The van der Waals surface area contributed by atoms with E-state index < -0.39 is 5.54 Å². The van der Waals surface area contributed by atoms with Gasteiger partial charge in [-0.05, 0) is 41.7 Å². The van der Waals surface area contributed by atoms with Crippen LogP contribution in [0.2, 0.25) is 0 Å². The Bertz CT molecular complexity index is 895. The van der Waals surface area contributed by atoms with Gasteiger partial charge >= 0.3 is 0 Å². The molecule has 0 amide bonds. The Balaban J connectivity index is 1.89. The van der Waals surface area contributed by atoms with E-state index in [1.807, 2.05) is 30.7 Å². The van der Waals surface area contributed by atoms with Gasteiger partial charge in [0, 0.05) is 19.6 Å². The summed E-state index contributed by atoms with van der Waals surface area (Å²) in [7, 11) is 1.68. The maximum absolute atomic E-state index is 8.61. The summed E-state index contributed by atoms with van der Waals surface area (Å²) in [6.45, 7) is 1.88. The quantitative estimate of drug-likeness (QED) is 0.331. The molecule has 31 heavy (non-hydrogen) atoms. The Morgan fingerprint density at radius 1 is 0.839 bits per heavy atom. The number of hydrogen-bond acceptors (Lipinski definition) is 4. The number of ether oxygens (including phenoxy) is 2. The Morgan fingerprint density at radius 3 is 1.97 bits per heavy atom. The monoisotopic (exact) mass is 413 g/mol. The van der Waals surface area contributed by atoms with E-state index in [4.69, 9.17) is 14.7 Å². The number of nitrogens with zero attached hydrogens (tertiary/aromatic N) is 1. The van der Waals surface area contributed by atoms with Gasteiger partial charge in [0.05, 0.1) is 25.3 Å². The maximum Gasteiger partial charge on any atom is 0.118 e. The standard InChI is InChI=1S/C27H29N2O2/c1-30-26-17-15-25(16-18-26)27(23-11-5-2-6-12-23,24-13-7-3-8-14-24)29-20-22-31-21-10-4-9-19-28/h2-8,11-18,29H,9-10,20-22H2,1H3. The topological polar surface area (TPSA) is 54.3 Å². The molecule has 1 radical (unpaired) electrons. The van der Waals surface area contributed by atoms with Crippen LogP contribution in [0.25, 0.3) is 0 Å². The van der Waals surface area contributed by atoms with Crippen LogP contribution in [-0.2, 0) is 10.3 Å². The minimum absolute atomic E-state index is 0.463. The van der Waals surface area contributed by atoms with Crippen LogP contribution >= 0.6 is 0 Å². The zero-order valence-corrected chi connectivity index (χ0v) is 18.0. The van der Waals surface area contributed by atoms with Crippen molar-refractivity contribution in [2.24, 2.45) is 0 Å². The molecule has 0 unspecified atom stereocenters. The fourth-order valence-corrected chi connectivity index (χ4v) is 3.77. The molecular formula is C27H29N2O2. The Hall–Kier alpha value is -3.13. The number of methoxy groups -OCH3 is 1. The highest BCUT2D eigenvalue weighted by molar-refractivity contribution is 5.50. The van der Waals surface area contributed by atoms with Crippen molar-refractivity contribution in [2.45, 2.75) is 18.4 Å². The number of nitriles is 1. The van der Waals surface area contributed by atoms with Crippen LogP contribution in [0.3, 0.4) is 0 Å². The average Bonchev–Trinajstić information content (AvgIpc) is 2.84. The summed E-state index contributed by atoms with van der Waals surface area (Å²) >= 11 is 0. The van der Waals surface area contributed by atoms with Gasteiger partial charge in [0.15, 0.2) is 0 Å². The smallest absolute Gasteiger partial charge is 0.118 e. The SMILES string of the molecule is COc1ccc(C(NCCOCC[CH]CC#N)(c2ccccc2)c2ccccc2)cc1. The summed E-state index contributed by atoms with van der Waals surface area (Å²) in [4.78, 5) is 0. The van der Waals surface area contributed by atoms with Crippen LogP contribution in [-0.4, -0.2) is 26.9 Å². The molecule has 0 aliphatic carbocycles. The third-order valence-corrected chi connectivity index (χ3v) is 5.28. The van der Waals surface area contributed by atoms with Crippen LogP contribution in [0, 0.1) is 17.8 Å². The molecular weight excluding hydrogens is 384 g/mol. The van der Waals surface area contributed by atoms with E-state index in [1.165, 1.54) is 0 Å². The van der Waals surface area contributed by atoms with Gasteiger partial charge in [-0.1, -0.05) is 72.8 Å². The summed E-state index contributed by atoms with van der Waals surface area (Å²) < 4.78 is 11.2. The fourth-order valence-electron chi connectivity index (χ4n) is 3.77. The maximum atomic E-state index is 8.61. The van der Waals surface area contributed by atoms with Crippen molar-refractivity contribution >= 4 is 0 Å². The molecule has 0 aliphatic rings. The first-order chi connectivity index (χ1) is 15.3. The molecule has 0 saturated heterocycles. The second kappa shape index (κ2) is 11.9. The highest BCUT2D eigenvalue weighted by Gasteiger charge is 2.35. The molecule has 1 N–H and O–H groups in total. The van der Waals surface area contributed by atoms with E-state index in [0.29, 0.717) is 26.2 Å². The predicted octanol–water partition coefficient (Wildman–Crippen LogP) is 5.10. The molecule has 3 rings (SSSR count). The van der Waals surface area contributed by atoms with E-state index in [9.17, 15) is 0 Å². The van der Waals surface area contributed by atoms with Crippen molar-refractivity contribution in [3.8, 4) is 11.8 Å². The van der Waals surface area contributed by atoms with E-state index >= 15 is 0 Å². The minimum Gasteiger partial charge on any atom is -0.497 e. The molecule has 0 fully saturated rings. The normalized spacial score (nSPS) is 11.1. The molecule has 0 spiro atoms. The van der Waals surface area contributed by atoms with Gasteiger partial charge in [-0.25, -0.2) is 0 Å². The van der Waals surface area contributed by atoms with Gasteiger partial charge in [0.2, 0.25) is 0 Å².